The number of aromatic hydroxyl groups is 1. The van der Waals surface area contributed by atoms with Gasteiger partial charge in [0.05, 0.1) is 32.4 Å². The standard InChI is InChI=1S/C21H26N2O3/c1-16(22-15-18-14-19(25-2)8-9-20(18)24)21(17-6-4-3-5-7-17)23-10-12-26-13-11-23/h3-9,14-16,21,24H,10-13H2,1-2H3/t16-,21-/m0/s1. The maximum Gasteiger partial charge on any atom is 0.124 e. The quantitative estimate of drug-likeness (QED) is 0.809. The van der Waals surface area contributed by atoms with Crippen LogP contribution in [-0.2, 0) is 4.74 Å². The highest BCUT2D eigenvalue weighted by Gasteiger charge is 2.27. The number of benzene rings is 2. The van der Waals surface area contributed by atoms with Gasteiger partial charge in [0.15, 0.2) is 0 Å². The Balaban J connectivity index is 1.84. The first-order chi connectivity index (χ1) is 12.7. The van der Waals surface area contributed by atoms with Crippen molar-refractivity contribution in [3.05, 3.63) is 59.7 Å². The van der Waals surface area contributed by atoms with E-state index in [1.165, 1.54) is 5.56 Å². The molecule has 1 N–H and O–H groups in total. The highest BCUT2D eigenvalue weighted by atomic mass is 16.5. The molecule has 1 aliphatic heterocycles. The van der Waals surface area contributed by atoms with Gasteiger partial charge in [-0.25, -0.2) is 0 Å². The van der Waals surface area contributed by atoms with Crippen LogP contribution >= 0.6 is 0 Å². The van der Waals surface area contributed by atoms with Crippen LogP contribution in [0.2, 0.25) is 0 Å². The monoisotopic (exact) mass is 354 g/mol. The molecule has 5 heteroatoms. The summed E-state index contributed by atoms with van der Waals surface area (Å²) in [6.07, 6.45) is 1.74. The van der Waals surface area contributed by atoms with E-state index in [1.807, 2.05) is 6.07 Å². The summed E-state index contributed by atoms with van der Waals surface area (Å²) in [5, 5.41) is 10.1. The summed E-state index contributed by atoms with van der Waals surface area (Å²) < 4.78 is 10.7. The molecule has 2 aromatic carbocycles. The van der Waals surface area contributed by atoms with E-state index in [2.05, 4.69) is 36.1 Å². The summed E-state index contributed by atoms with van der Waals surface area (Å²) in [7, 11) is 1.61. The highest BCUT2D eigenvalue weighted by Crippen LogP contribution is 2.28. The number of methoxy groups -OCH3 is 1. The van der Waals surface area contributed by atoms with Crippen LogP contribution in [0.3, 0.4) is 0 Å². The number of aliphatic imine (C=N–C) groups is 1. The fourth-order valence-corrected chi connectivity index (χ4v) is 3.34. The first-order valence-electron chi connectivity index (χ1n) is 8.96. The normalized spacial score (nSPS) is 17.9. The van der Waals surface area contributed by atoms with Gasteiger partial charge in [0, 0.05) is 24.9 Å². The Morgan fingerprint density at radius 3 is 2.58 bits per heavy atom. The average molecular weight is 354 g/mol. The van der Waals surface area contributed by atoms with E-state index in [-0.39, 0.29) is 17.8 Å². The van der Waals surface area contributed by atoms with Gasteiger partial charge in [-0.2, -0.15) is 0 Å². The minimum atomic E-state index is 0.0288. The Kier molecular flexibility index (Phi) is 6.26. The second kappa shape index (κ2) is 8.83. The third kappa shape index (κ3) is 4.42. The molecule has 0 amide bonds. The van der Waals surface area contributed by atoms with E-state index in [4.69, 9.17) is 14.5 Å². The number of phenols is 1. The Morgan fingerprint density at radius 2 is 1.88 bits per heavy atom. The summed E-state index contributed by atoms with van der Waals surface area (Å²) in [5.74, 6) is 0.897. The number of hydrogen-bond acceptors (Lipinski definition) is 5. The van der Waals surface area contributed by atoms with Crippen LogP contribution in [0.25, 0.3) is 0 Å². The smallest absolute Gasteiger partial charge is 0.124 e. The molecule has 1 fully saturated rings. The lowest BCUT2D eigenvalue weighted by atomic mass is 9.98. The van der Waals surface area contributed by atoms with Crippen LogP contribution in [0.5, 0.6) is 11.5 Å². The van der Waals surface area contributed by atoms with Crippen molar-refractivity contribution >= 4 is 6.21 Å². The van der Waals surface area contributed by atoms with Crippen LogP contribution in [0, 0.1) is 0 Å². The number of rotatable bonds is 6. The summed E-state index contributed by atoms with van der Waals surface area (Å²) >= 11 is 0. The first-order valence-corrected chi connectivity index (χ1v) is 8.96. The molecule has 0 aromatic heterocycles. The molecule has 5 nitrogen and oxygen atoms in total. The summed E-state index contributed by atoms with van der Waals surface area (Å²) in [5.41, 5.74) is 1.90. The van der Waals surface area contributed by atoms with Gasteiger partial charge in [0.2, 0.25) is 0 Å². The molecule has 1 saturated heterocycles. The zero-order valence-corrected chi connectivity index (χ0v) is 15.3. The van der Waals surface area contributed by atoms with Gasteiger partial charge in [-0.05, 0) is 30.7 Å². The molecule has 2 aromatic rings. The highest BCUT2D eigenvalue weighted by molar-refractivity contribution is 5.84. The molecule has 138 valence electrons. The number of morpholine rings is 1. The molecule has 0 spiro atoms. The number of nitrogens with zero attached hydrogens (tertiary/aromatic N) is 2. The molecule has 3 rings (SSSR count). The minimum Gasteiger partial charge on any atom is -0.507 e. The van der Waals surface area contributed by atoms with Crippen molar-refractivity contribution in [2.75, 3.05) is 33.4 Å². The van der Waals surface area contributed by atoms with Crippen molar-refractivity contribution in [2.45, 2.75) is 19.0 Å². The number of ether oxygens (including phenoxy) is 2. The maximum absolute atomic E-state index is 10.1. The molecule has 26 heavy (non-hydrogen) atoms. The van der Waals surface area contributed by atoms with Crippen molar-refractivity contribution in [3.63, 3.8) is 0 Å². The molecule has 0 unspecified atom stereocenters. The van der Waals surface area contributed by atoms with Gasteiger partial charge in [-0.1, -0.05) is 30.3 Å². The zero-order chi connectivity index (χ0) is 18.4. The molecule has 0 aliphatic carbocycles. The molecule has 0 radical (unpaired) electrons. The second-order valence-corrected chi connectivity index (χ2v) is 6.45. The lowest BCUT2D eigenvalue weighted by Crippen LogP contribution is -2.42. The molecule has 1 aliphatic rings. The second-order valence-electron chi connectivity index (χ2n) is 6.45. The van der Waals surface area contributed by atoms with E-state index in [1.54, 1.807) is 31.5 Å². The van der Waals surface area contributed by atoms with Crippen molar-refractivity contribution < 1.29 is 14.6 Å². The van der Waals surface area contributed by atoms with Crippen molar-refractivity contribution in [2.24, 2.45) is 4.99 Å². The Labute approximate surface area is 154 Å². The van der Waals surface area contributed by atoms with E-state index in [0.29, 0.717) is 11.3 Å². The Bertz CT molecular complexity index is 727. The predicted octanol–water partition coefficient (Wildman–Crippen LogP) is 3.28. The molecule has 0 bridgehead atoms. The number of phenolic OH excluding ortho intramolecular Hbond substituents is 1. The first kappa shape index (κ1) is 18.4. The van der Waals surface area contributed by atoms with Gasteiger partial charge >= 0.3 is 0 Å². The lowest BCUT2D eigenvalue weighted by Gasteiger charge is -2.37. The maximum atomic E-state index is 10.1. The van der Waals surface area contributed by atoms with Gasteiger partial charge in [0.1, 0.15) is 11.5 Å². The van der Waals surface area contributed by atoms with E-state index in [0.717, 1.165) is 26.3 Å². The molecule has 1 heterocycles. The largest absolute Gasteiger partial charge is 0.507 e. The van der Waals surface area contributed by atoms with Gasteiger partial charge < -0.3 is 14.6 Å². The predicted molar refractivity (Wildman–Crippen MR) is 103 cm³/mol. The summed E-state index contributed by atoms with van der Waals surface area (Å²) in [4.78, 5) is 7.18. The van der Waals surface area contributed by atoms with Crippen LogP contribution < -0.4 is 4.74 Å². The minimum absolute atomic E-state index is 0.0288. The van der Waals surface area contributed by atoms with Crippen LogP contribution in [-0.4, -0.2) is 55.7 Å². The summed E-state index contributed by atoms with van der Waals surface area (Å²) in [6.45, 7) is 5.39. The van der Waals surface area contributed by atoms with Crippen molar-refractivity contribution in [1.82, 2.24) is 4.90 Å². The third-order valence-electron chi connectivity index (χ3n) is 4.72. The fourth-order valence-electron chi connectivity index (χ4n) is 3.34. The van der Waals surface area contributed by atoms with Gasteiger partial charge in [-0.3, -0.25) is 9.89 Å². The SMILES string of the molecule is COc1ccc(O)c(C=N[C@@H](C)[C@@H](c2ccccc2)N2CCOCC2)c1. The van der Waals surface area contributed by atoms with Gasteiger partial charge in [-0.15, -0.1) is 0 Å². The van der Waals surface area contributed by atoms with Crippen LogP contribution in [0.15, 0.2) is 53.5 Å². The Morgan fingerprint density at radius 1 is 1.15 bits per heavy atom. The van der Waals surface area contributed by atoms with Crippen molar-refractivity contribution in [1.29, 1.82) is 0 Å². The van der Waals surface area contributed by atoms with Crippen LogP contribution in [0.4, 0.5) is 0 Å². The van der Waals surface area contributed by atoms with Gasteiger partial charge in [0.25, 0.3) is 0 Å². The average Bonchev–Trinajstić information content (AvgIpc) is 2.69. The topological polar surface area (TPSA) is 54.3 Å². The number of hydrogen-bond donors (Lipinski definition) is 1. The van der Waals surface area contributed by atoms with E-state index < -0.39 is 0 Å². The van der Waals surface area contributed by atoms with E-state index in [9.17, 15) is 5.11 Å². The third-order valence-corrected chi connectivity index (χ3v) is 4.72. The molecular weight excluding hydrogens is 328 g/mol. The van der Waals surface area contributed by atoms with Crippen LogP contribution in [0.1, 0.15) is 24.1 Å². The Hall–Kier alpha value is -2.37. The zero-order valence-electron chi connectivity index (χ0n) is 15.3. The molecule has 0 saturated carbocycles. The molecular formula is C21H26N2O3. The molecule has 2 atom stereocenters. The lowest BCUT2D eigenvalue weighted by molar-refractivity contribution is 0.0119. The fraction of sp³-hybridized carbons (Fsp3) is 0.381. The van der Waals surface area contributed by atoms with E-state index >= 15 is 0 Å². The van der Waals surface area contributed by atoms with Crippen molar-refractivity contribution in [3.8, 4) is 11.5 Å². The summed E-state index contributed by atoms with van der Waals surface area (Å²) in [6, 6.07) is 15.8.